The largest absolute Gasteiger partial charge is 0.476 e. The Hall–Kier alpha value is -2.14. The molecule has 3 rings (SSSR count). The van der Waals surface area contributed by atoms with Crippen molar-refractivity contribution in [2.75, 3.05) is 0 Å². The zero-order chi connectivity index (χ0) is 15.1. The minimum Gasteiger partial charge on any atom is -0.476 e. The highest BCUT2D eigenvalue weighted by molar-refractivity contribution is 9.10. The van der Waals surface area contributed by atoms with Crippen LogP contribution in [0.15, 0.2) is 41.0 Å². The third-order valence-corrected chi connectivity index (χ3v) is 4.20. The second kappa shape index (κ2) is 5.00. The number of carboxylic acid groups (broad SMARTS) is 1. The van der Waals surface area contributed by atoms with Crippen molar-refractivity contribution in [3.8, 4) is 11.4 Å². The summed E-state index contributed by atoms with van der Waals surface area (Å²) in [7, 11) is 0. The number of nitrogens with zero attached hydrogens (tertiary/aromatic N) is 2. The highest BCUT2D eigenvalue weighted by Gasteiger charge is 2.19. The molecule has 0 bridgehead atoms. The van der Waals surface area contributed by atoms with Crippen molar-refractivity contribution >= 4 is 27.4 Å². The van der Waals surface area contributed by atoms with Gasteiger partial charge in [-0.2, -0.15) is 0 Å². The van der Waals surface area contributed by atoms with Crippen LogP contribution >= 0.6 is 15.9 Å². The maximum absolute atomic E-state index is 11.4. The first-order valence-electron chi connectivity index (χ1n) is 6.47. The van der Waals surface area contributed by atoms with E-state index >= 15 is 0 Å². The lowest BCUT2D eigenvalue weighted by molar-refractivity contribution is 0.0693. The van der Waals surface area contributed by atoms with Gasteiger partial charge in [-0.05, 0) is 59.1 Å². The molecule has 0 fully saturated rings. The Morgan fingerprint density at radius 1 is 1.19 bits per heavy atom. The molecule has 2 aromatic heterocycles. The number of aryl methyl sites for hydroxylation is 2. The van der Waals surface area contributed by atoms with E-state index in [-0.39, 0.29) is 5.69 Å². The summed E-state index contributed by atoms with van der Waals surface area (Å²) in [6.45, 7) is 4.07. The Kier molecular flexibility index (Phi) is 3.29. The second-order valence-corrected chi connectivity index (χ2v) is 5.77. The van der Waals surface area contributed by atoms with Gasteiger partial charge in [-0.15, -0.1) is 0 Å². The Bertz CT molecular complexity index is 868. The Morgan fingerprint density at radius 3 is 2.62 bits per heavy atom. The molecule has 1 N–H and O–H groups in total. The molecule has 2 heterocycles. The number of aromatic nitrogens is 2. The Balaban J connectivity index is 2.37. The molecule has 0 aliphatic heterocycles. The van der Waals surface area contributed by atoms with Crippen LogP contribution in [0.25, 0.3) is 16.9 Å². The fourth-order valence-corrected chi connectivity index (χ4v) is 2.84. The van der Waals surface area contributed by atoms with E-state index < -0.39 is 5.97 Å². The SMILES string of the molecule is Cc1ccc(-c2nc(C(=O)O)c3cccc(Br)n23)cc1C. The molecular formula is C16H13BrN2O2. The molecule has 106 valence electrons. The van der Waals surface area contributed by atoms with Crippen molar-refractivity contribution in [2.24, 2.45) is 0 Å². The third-order valence-electron chi connectivity index (χ3n) is 3.58. The number of imidazole rings is 1. The molecule has 1 aromatic carbocycles. The van der Waals surface area contributed by atoms with Gasteiger partial charge in [-0.25, -0.2) is 9.78 Å². The van der Waals surface area contributed by atoms with Gasteiger partial charge in [0.05, 0.1) is 10.1 Å². The molecule has 0 saturated carbocycles. The van der Waals surface area contributed by atoms with E-state index in [1.54, 1.807) is 12.1 Å². The van der Waals surface area contributed by atoms with Gasteiger partial charge >= 0.3 is 5.97 Å². The monoisotopic (exact) mass is 344 g/mol. The van der Waals surface area contributed by atoms with Gasteiger partial charge in [0.15, 0.2) is 5.69 Å². The molecule has 0 aliphatic rings. The van der Waals surface area contributed by atoms with E-state index in [0.29, 0.717) is 11.3 Å². The number of carboxylic acids is 1. The zero-order valence-corrected chi connectivity index (χ0v) is 13.2. The predicted molar refractivity (Wildman–Crippen MR) is 84.8 cm³/mol. The molecule has 21 heavy (non-hydrogen) atoms. The van der Waals surface area contributed by atoms with Gasteiger partial charge in [-0.3, -0.25) is 4.40 Å². The first kappa shape index (κ1) is 13.8. The van der Waals surface area contributed by atoms with Gasteiger partial charge in [0, 0.05) is 5.56 Å². The zero-order valence-electron chi connectivity index (χ0n) is 11.6. The molecule has 5 heteroatoms. The van der Waals surface area contributed by atoms with Crippen molar-refractivity contribution in [2.45, 2.75) is 13.8 Å². The van der Waals surface area contributed by atoms with E-state index in [0.717, 1.165) is 15.7 Å². The van der Waals surface area contributed by atoms with Crippen LogP contribution in [0.3, 0.4) is 0 Å². The van der Waals surface area contributed by atoms with Crippen LogP contribution in [-0.4, -0.2) is 20.5 Å². The van der Waals surface area contributed by atoms with Crippen LogP contribution in [0.2, 0.25) is 0 Å². The third kappa shape index (κ3) is 2.23. The van der Waals surface area contributed by atoms with E-state index in [9.17, 15) is 9.90 Å². The predicted octanol–water partition coefficient (Wildman–Crippen LogP) is 4.08. The minimum absolute atomic E-state index is 0.0597. The van der Waals surface area contributed by atoms with Gasteiger partial charge < -0.3 is 5.11 Å². The first-order chi connectivity index (χ1) is 9.99. The summed E-state index contributed by atoms with van der Waals surface area (Å²) in [4.78, 5) is 15.7. The van der Waals surface area contributed by atoms with E-state index in [2.05, 4.69) is 20.9 Å². The summed E-state index contributed by atoms with van der Waals surface area (Å²) in [6, 6.07) is 11.4. The van der Waals surface area contributed by atoms with Crippen LogP contribution < -0.4 is 0 Å². The van der Waals surface area contributed by atoms with Gasteiger partial charge in [-0.1, -0.05) is 18.2 Å². The molecule has 4 nitrogen and oxygen atoms in total. The minimum atomic E-state index is -1.03. The molecule has 0 spiro atoms. The normalized spacial score (nSPS) is 11.0. The van der Waals surface area contributed by atoms with Crippen LogP contribution in [0.5, 0.6) is 0 Å². The molecule has 3 aromatic rings. The van der Waals surface area contributed by atoms with Crippen molar-refractivity contribution in [3.63, 3.8) is 0 Å². The molecule has 0 atom stereocenters. The second-order valence-electron chi connectivity index (χ2n) is 4.96. The quantitative estimate of drug-likeness (QED) is 0.712. The van der Waals surface area contributed by atoms with Gasteiger partial charge in [0.25, 0.3) is 0 Å². The van der Waals surface area contributed by atoms with Crippen LogP contribution in [-0.2, 0) is 0 Å². The first-order valence-corrected chi connectivity index (χ1v) is 7.26. The number of pyridine rings is 1. The fraction of sp³-hybridized carbons (Fsp3) is 0.125. The molecule has 0 aliphatic carbocycles. The maximum Gasteiger partial charge on any atom is 0.356 e. The van der Waals surface area contributed by atoms with E-state index in [1.807, 2.05) is 42.5 Å². The summed E-state index contributed by atoms with van der Waals surface area (Å²) in [5.74, 6) is -0.404. The summed E-state index contributed by atoms with van der Waals surface area (Å²) >= 11 is 3.47. The average Bonchev–Trinajstić information content (AvgIpc) is 2.83. The fourth-order valence-electron chi connectivity index (χ4n) is 2.33. The number of benzene rings is 1. The molecule has 0 radical (unpaired) electrons. The lowest BCUT2D eigenvalue weighted by atomic mass is 10.1. The van der Waals surface area contributed by atoms with Crippen LogP contribution in [0, 0.1) is 13.8 Å². The number of rotatable bonds is 2. The standard InChI is InChI=1S/C16H13BrN2O2/c1-9-6-7-11(8-10(9)2)15-18-14(16(20)21)12-4-3-5-13(17)19(12)15/h3-8H,1-2H3,(H,20,21). The molecule has 0 saturated heterocycles. The topological polar surface area (TPSA) is 54.6 Å². The number of carbonyl (C=O) groups is 1. The van der Waals surface area contributed by atoms with Crippen molar-refractivity contribution in [1.82, 2.24) is 9.38 Å². The van der Waals surface area contributed by atoms with Crippen molar-refractivity contribution in [1.29, 1.82) is 0 Å². The number of aromatic carboxylic acids is 1. The smallest absolute Gasteiger partial charge is 0.356 e. The van der Waals surface area contributed by atoms with E-state index in [1.165, 1.54) is 5.56 Å². The summed E-state index contributed by atoms with van der Waals surface area (Å²) in [6.07, 6.45) is 0. The average molecular weight is 345 g/mol. The molecule has 0 unspecified atom stereocenters. The highest BCUT2D eigenvalue weighted by Crippen LogP contribution is 2.28. The number of hydrogen-bond acceptors (Lipinski definition) is 2. The molecule has 0 amide bonds. The lowest BCUT2D eigenvalue weighted by Gasteiger charge is -2.06. The molecular weight excluding hydrogens is 332 g/mol. The summed E-state index contributed by atoms with van der Waals surface area (Å²) in [5, 5.41) is 9.34. The van der Waals surface area contributed by atoms with Gasteiger partial charge in [0.2, 0.25) is 0 Å². The number of fused-ring (bicyclic) bond motifs is 1. The van der Waals surface area contributed by atoms with Crippen LogP contribution in [0.1, 0.15) is 21.6 Å². The Morgan fingerprint density at radius 2 is 1.95 bits per heavy atom. The summed E-state index contributed by atoms with van der Waals surface area (Å²) in [5.41, 5.74) is 3.87. The maximum atomic E-state index is 11.4. The highest BCUT2D eigenvalue weighted by atomic mass is 79.9. The van der Waals surface area contributed by atoms with Crippen molar-refractivity contribution < 1.29 is 9.90 Å². The number of hydrogen-bond donors (Lipinski definition) is 1. The van der Waals surface area contributed by atoms with Crippen molar-refractivity contribution in [3.05, 3.63) is 57.8 Å². The van der Waals surface area contributed by atoms with Gasteiger partial charge in [0.1, 0.15) is 5.82 Å². The van der Waals surface area contributed by atoms with Crippen LogP contribution in [0.4, 0.5) is 0 Å². The number of halogens is 1. The summed E-state index contributed by atoms with van der Waals surface area (Å²) < 4.78 is 2.58. The van der Waals surface area contributed by atoms with E-state index in [4.69, 9.17) is 0 Å². The lowest BCUT2D eigenvalue weighted by Crippen LogP contribution is -1.97. The Labute approximate surface area is 130 Å².